The van der Waals surface area contributed by atoms with Gasteiger partial charge in [0.15, 0.2) is 0 Å². The van der Waals surface area contributed by atoms with Crippen molar-refractivity contribution in [2.45, 2.75) is 6.04 Å². The zero-order chi connectivity index (χ0) is 14.7. The number of carbonyl (C=O) groups is 1. The Morgan fingerprint density at radius 3 is 2.71 bits per heavy atom. The van der Waals surface area contributed by atoms with E-state index in [0.29, 0.717) is 13.1 Å². The predicted molar refractivity (Wildman–Crippen MR) is 82.1 cm³/mol. The van der Waals surface area contributed by atoms with Crippen LogP contribution in [0.5, 0.6) is 0 Å². The van der Waals surface area contributed by atoms with Crippen LogP contribution in [0.15, 0.2) is 36.1 Å². The van der Waals surface area contributed by atoms with Crippen LogP contribution in [-0.4, -0.2) is 47.0 Å². The van der Waals surface area contributed by atoms with Gasteiger partial charge >= 0.3 is 0 Å². The minimum absolute atomic E-state index is 0.00348. The maximum Gasteiger partial charge on any atom is 0.245 e. The summed E-state index contributed by atoms with van der Waals surface area (Å²) in [5.41, 5.74) is 6.04. The van der Waals surface area contributed by atoms with E-state index < -0.39 is 6.04 Å². The average Bonchev–Trinajstić information content (AvgIpc) is 3.09. The predicted octanol–water partition coefficient (Wildman–Crippen LogP) is 0.887. The van der Waals surface area contributed by atoms with Crippen LogP contribution in [0.1, 0.15) is 10.9 Å². The average molecular weight is 303 g/mol. The highest BCUT2D eigenvalue weighted by atomic mass is 32.1. The normalized spacial score (nSPS) is 16.8. The van der Waals surface area contributed by atoms with Crippen molar-refractivity contribution in [3.63, 3.8) is 0 Å². The lowest BCUT2D eigenvalue weighted by Crippen LogP contribution is -2.51. The van der Waals surface area contributed by atoms with E-state index in [1.807, 2.05) is 22.4 Å². The molecule has 0 radical (unpaired) electrons. The summed E-state index contributed by atoms with van der Waals surface area (Å²) < 4.78 is 0. The third-order valence-corrected chi connectivity index (χ3v) is 4.54. The summed E-state index contributed by atoms with van der Waals surface area (Å²) in [5.74, 6) is 0.850. The largest absolute Gasteiger partial charge is 0.352 e. The molecule has 0 aromatic carbocycles. The molecule has 6 nitrogen and oxygen atoms in total. The second kappa shape index (κ2) is 6.19. The number of hydrogen-bond donors (Lipinski definition) is 1. The van der Waals surface area contributed by atoms with Crippen molar-refractivity contribution in [2.24, 2.45) is 5.73 Å². The van der Waals surface area contributed by atoms with Crippen molar-refractivity contribution < 1.29 is 4.79 Å². The molecule has 1 aliphatic heterocycles. The topological polar surface area (TPSA) is 75.4 Å². The molecule has 21 heavy (non-hydrogen) atoms. The Kier molecular flexibility index (Phi) is 4.12. The lowest BCUT2D eigenvalue weighted by Gasteiger charge is -2.36. The SMILES string of the molecule is NC(C(=O)N1CCN(c2cnccn2)CC1)c1cccs1. The van der Waals surface area contributed by atoms with Crippen molar-refractivity contribution in [3.8, 4) is 0 Å². The maximum absolute atomic E-state index is 12.4. The number of anilines is 1. The Morgan fingerprint density at radius 1 is 1.29 bits per heavy atom. The van der Waals surface area contributed by atoms with Crippen molar-refractivity contribution in [3.05, 3.63) is 41.0 Å². The Hall–Kier alpha value is -1.99. The third-order valence-electron chi connectivity index (χ3n) is 3.58. The molecule has 0 aliphatic carbocycles. The first kappa shape index (κ1) is 14.0. The van der Waals surface area contributed by atoms with E-state index in [1.165, 1.54) is 11.3 Å². The molecule has 1 atom stereocenters. The smallest absolute Gasteiger partial charge is 0.245 e. The molecule has 1 fully saturated rings. The van der Waals surface area contributed by atoms with E-state index in [4.69, 9.17) is 5.73 Å². The number of nitrogens with zero attached hydrogens (tertiary/aromatic N) is 4. The fourth-order valence-corrected chi connectivity index (χ4v) is 3.12. The Balaban J connectivity index is 1.59. The molecular formula is C14H17N5OS. The zero-order valence-electron chi connectivity index (χ0n) is 11.6. The van der Waals surface area contributed by atoms with Crippen LogP contribution in [0.25, 0.3) is 0 Å². The fourth-order valence-electron chi connectivity index (χ4n) is 2.40. The van der Waals surface area contributed by atoms with E-state index in [9.17, 15) is 4.79 Å². The molecule has 1 unspecified atom stereocenters. The van der Waals surface area contributed by atoms with Gasteiger partial charge in [-0.05, 0) is 11.4 Å². The number of piperazine rings is 1. The van der Waals surface area contributed by atoms with Gasteiger partial charge in [0.25, 0.3) is 0 Å². The number of rotatable bonds is 3. The summed E-state index contributed by atoms with van der Waals surface area (Å²) in [6.07, 6.45) is 5.08. The maximum atomic E-state index is 12.4. The Morgan fingerprint density at radius 2 is 2.10 bits per heavy atom. The summed E-state index contributed by atoms with van der Waals surface area (Å²) in [6, 6.07) is 3.27. The first-order valence-electron chi connectivity index (χ1n) is 6.84. The summed E-state index contributed by atoms with van der Waals surface area (Å²) in [6.45, 7) is 2.83. The highest BCUT2D eigenvalue weighted by Gasteiger charge is 2.27. The zero-order valence-corrected chi connectivity index (χ0v) is 12.4. The molecule has 2 N–H and O–H groups in total. The summed E-state index contributed by atoms with van der Waals surface area (Å²) in [5, 5.41) is 1.94. The molecule has 0 bridgehead atoms. The molecule has 110 valence electrons. The van der Waals surface area contributed by atoms with Crippen LogP contribution < -0.4 is 10.6 Å². The van der Waals surface area contributed by atoms with Gasteiger partial charge in [-0.3, -0.25) is 9.78 Å². The Labute approximate surface area is 127 Å². The lowest BCUT2D eigenvalue weighted by molar-refractivity contribution is -0.133. The first-order chi connectivity index (χ1) is 10.3. The second-order valence-electron chi connectivity index (χ2n) is 4.87. The van der Waals surface area contributed by atoms with E-state index in [-0.39, 0.29) is 5.91 Å². The first-order valence-corrected chi connectivity index (χ1v) is 7.72. The van der Waals surface area contributed by atoms with Crippen LogP contribution in [0, 0.1) is 0 Å². The molecule has 1 amide bonds. The van der Waals surface area contributed by atoms with Crippen molar-refractivity contribution >= 4 is 23.1 Å². The van der Waals surface area contributed by atoms with E-state index in [2.05, 4.69) is 14.9 Å². The van der Waals surface area contributed by atoms with Gasteiger partial charge < -0.3 is 15.5 Å². The van der Waals surface area contributed by atoms with Crippen molar-refractivity contribution in [1.82, 2.24) is 14.9 Å². The molecule has 2 aromatic heterocycles. The summed E-state index contributed by atoms with van der Waals surface area (Å²) in [4.78, 5) is 25.6. The van der Waals surface area contributed by atoms with Gasteiger partial charge in [-0.1, -0.05) is 6.07 Å². The molecule has 3 rings (SSSR count). The molecule has 0 saturated carbocycles. The van der Waals surface area contributed by atoms with E-state index >= 15 is 0 Å². The summed E-state index contributed by atoms with van der Waals surface area (Å²) in [7, 11) is 0. The van der Waals surface area contributed by atoms with E-state index in [0.717, 1.165) is 23.8 Å². The minimum atomic E-state index is -0.548. The van der Waals surface area contributed by atoms with Gasteiger partial charge in [-0.15, -0.1) is 11.3 Å². The van der Waals surface area contributed by atoms with Gasteiger partial charge in [0, 0.05) is 43.4 Å². The van der Waals surface area contributed by atoms with Gasteiger partial charge in [-0.2, -0.15) is 0 Å². The standard InChI is InChI=1S/C14H17N5OS/c15-13(11-2-1-9-21-11)14(20)19-7-5-18(6-8-19)12-10-16-3-4-17-12/h1-4,9-10,13H,5-8,15H2. The number of nitrogens with two attached hydrogens (primary N) is 1. The second-order valence-corrected chi connectivity index (χ2v) is 5.85. The molecule has 3 heterocycles. The fraction of sp³-hybridized carbons (Fsp3) is 0.357. The number of aromatic nitrogens is 2. The molecule has 2 aromatic rings. The molecule has 7 heteroatoms. The van der Waals surface area contributed by atoms with Crippen LogP contribution in [-0.2, 0) is 4.79 Å². The quantitative estimate of drug-likeness (QED) is 0.911. The monoisotopic (exact) mass is 303 g/mol. The molecule has 1 aliphatic rings. The van der Waals surface area contributed by atoms with Crippen LogP contribution in [0.4, 0.5) is 5.82 Å². The number of amides is 1. The third kappa shape index (κ3) is 3.03. The lowest BCUT2D eigenvalue weighted by atomic mass is 10.2. The van der Waals surface area contributed by atoms with E-state index in [1.54, 1.807) is 18.6 Å². The highest BCUT2D eigenvalue weighted by molar-refractivity contribution is 7.10. The minimum Gasteiger partial charge on any atom is -0.352 e. The molecular weight excluding hydrogens is 286 g/mol. The summed E-state index contributed by atoms with van der Waals surface area (Å²) >= 11 is 1.52. The van der Waals surface area contributed by atoms with Crippen LogP contribution in [0.3, 0.4) is 0 Å². The van der Waals surface area contributed by atoms with Crippen molar-refractivity contribution in [2.75, 3.05) is 31.1 Å². The van der Waals surface area contributed by atoms with Gasteiger partial charge in [0.1, 0.15) is 11.9 Å². The van der Waals surface area contributed by atoms with Gasteiger partial charge in [-0.25, -0.2) is 4.98 Å². The number of carbonyl (C=O) groups excluding carboxylic acids is 1. The number of hydrogen-bond acceptors (Lipinski definition) is 6. The van der Waals surface area contributed by atoms with Crippen molar-refractivity contribution in [1.29, 1.82) is 0 Å². The van der Waals surface area contributed by atoms with Crippen LogP contribution >= 0.6 is 11.3 Å². The Bertz CT molecular complexity index is 581. The van der Waals surface area contributed by atoms with Gasteiger partial charge in [0.05, 0.1) is 6.20 Å². The molecule has 0 spiro atoms. The van der Waals surface area contributed by atoms with Gasteiger partial charge in [0.2, 0.25) is 5.91 Å². The van der Waals surface area contributed by atoms with Crippen LogP contribution in [0.2, 0.25) is 0 Å². The molecule has 1 saturated heterocycles. The number of thiophene rings is 1. The highest BCUT2D eigenvalue weighted by Crippen LogP contribution is 2.20.